The number of carboxylic acid groups (broad SMARTS) is 1. The number of anilines is 1. The molecule has 0 radical (unpaired) electrons. The van der Waals surface area contributed by atoms with Gasteiger partial charge in [0.2, 0.25) is 5.91 Å². The van der Waals surface area contributed by atoms with Crippen molar-refractivity contribution >= 4 is 35.3 Å². The van der Waals surface area contributed by atoms with Crippen LogP contribution in [0.2, 0.25) is 5.02 Å². The van der Waals surface area contributed by atoms with E-state index in [9.17, 15) is 19.5 Å². The Balaban J connectivity index is 1.32. The molecule has 0 bridgehead atoms. The van der Waals surface area contributed by atoms with Gasteiger partial charge in [0, 0.05) is 10.9 Å². The Morgan fingerprint density at radius 2 is 1.50 bits per heavy atom. The fraction of sp³-hybridized carbons (Fsp3) is 0.182. The molecule has 1 aliphatic rings. The Morgan fingerprint density at radius 1 is 0.881 bits per heavy atom. The van der Waals surface area contributed by atoms with Crippen molar-refractivity contribution < 1.29 is 29.0 Å². The largest absolute Gasteiger partial charge is 0.478 e. The maximum atomic E-state index is 13.5. The molecule has 0 saturated heterocycles. The third-order valence-electron chi connectivity index (χ3n) is 7.19. The van der Waals surface area contributed by atoms with E-state index in [1.54, 1.807) is 6.92 Å². The first-order valence-electron chi connectivity index (χ1n) is 13.4. The molecule has 3 N–H and O–H groups in total. The average molecular weight is 585 g/mol. The zero-order chi connectivity index (χ0) is 29.6. The number of alkyl carbamates (subject to hydrolysis) is 1. The number of hydrogen-bond acceptors (Lipinski definition) is 5. The highest BCUT2D eigenvalue weighted by molar-refractivity contribution is 6.31. The first-order valence-corrected chi connectivity index (χ1v) is 13.8. The van der Waals surface area contributed by atoms with Crippen LogP contribution in [0.4, 0.5) is 10.5 Å². The summed E-state index contributed by atoms with van der Waals surface area (Å²) >= 11 is 6.07. The fourth-order valence-electron chi connectivity index (χ4n) is 5.08. The summed E-state index contributed by atoms with van der Waals surface area (Å²) < 4.78 is 11.6. The number of halogens is 1. The average Bonchev–Trinajstić information content (AvgIpc) is 3.31. The van der Waals surface area contributed by atoms with Gasteiger partial charge in [0.1, 0.15) is 12.6 Å². The van der Waals surface area contributed by atoms with Crippen LogP contribution in [-0.2, 0) is 20.9 Å². The van der Waals surface area contributed by atoms with Crippen LogP contribution in [0.5, 0.6) is 0 Å². The molecule has 2 amide bonds. The predicted molar refractivity (Wildman–Crippen MR) is 160 cm³/mol. The Morgan fingerprint density at radius 3 is 2.14 bits per heavy atom. The quantitative estimate of drug-likeness (QED) is 0.196. The van der Waals surface area contributed by atoms with Crippen LogP contribution in [0.25, 0.3) is 11.1 Å². The molecule has 2 atom stereocenters. The van der Waals surface area contributed by atoms with Crippen LogP contribution < -0.4 is 10.6 Å². The molecule has 5 rings (SSSR count). The number of carboxylic acids is 1. The van der Waals surface area contributed by atoms with Crippen LogP contribution in [0, 0.1) is 0 Å². The van der Waals surface area contributed by atoms with E-state index in [1.807, 2.05) is 78.9 Å². The molecule has 4 aromatic rings. The normalized spacial score (nSPS) is 13.4. The number of carbonyl (C=O) groups excluding carboxylic acids is 2. The van der Waals surface area contributed by atoms with E-state index < -0.39 is 30.1 Å². The van der Waals surface area contributed by atoms with Gasteiger partial charge < -0.3 is 25.2 Å². The van der Waals surface area contributed by atoms with Gasteiger partial charge in [-0.25, -0.2) is 9.59 Å². The van der Waals surface area contributed by atoms with Crippen molar-refractivity contribution in [3.05, 3.63) is 124 Å². The van der Waals surface area contributed by atoms with E-state index in [1.165, 1.54) is 18.2 Å². The van der Waals surface area contributed by atoms with E-state index in [2.05, 4.69) is 10.6 Å². The number of ether oxygens (including phenoxy) is 2. The Bertz CT molecular complexity index is 1560. The molecule has 0 spiro atoms. The zero-order valence-corrected chi connectivity index (χ0v) is 23.5. The van der Waals surface area contributed by atoms with Gasteiger partial charge in [-0.2, -0.15) is 0 Å². The summed E-state index contributed by atoms with van der Waals surface area (Å²) in [6.07, 6.45) is -1.62. The Kier molecular flexibility index (Phi) is 8.85. The Hall–Kier alpha value is -4.66. The smallest absolute Gasteiger partial charge is 0.407 e. The monoisotopic (exact) mass is 584 g/mol. The van der Waals surface area contributed by atoms with E-state index in [-0.39, 0.29) is 35.4 Å². The lowest BCUT2D eigenvalue weighted by atomic mass is 9.98. The number of carbonyl (C=O) groups is 3. The lowest BCUT2D eigenvalue weighted by molar-refractivity contribution is -0.121. The summed E-state index contributed by atoms with van der Waals surface area (Å²) in [6.45, 7) is 1.90. The molecular weight excluding hydrogens is 556 g/mol. The minimum Gasteiger partial charge on any atom is -0.478 e. The minimum absolute atomic E-state index is 0.00500. The Labute approximate surface area is 248 Å². The molecule has 0 aliphatic heterocycles. The van der Waals surface area contributed by atoms with Crippen LogP contribution in [0.1, 0.15) is 39.9 Å². The maximum Gasteiger partial charge on any atom is 0.407 e. The van der Waals surface area contributed by atoms with Gasteiger partial charge in [0.25, 0.3) is 0 Å². The highest BCUT2D eigenvalue weighted by Gasteiger charge is 2.32. The summed E-state index contributed by atoms with van der Waals surface area (Å²) in [5, 5.41) is 15.0. The summed E-state index contributed by atoms with van der Waals surface area (Å²) in [5.41, 5.74) is 5.04. The molecule has 0 fully saturated rings. The van der Waals surface area contributed by atoms with Gasteiger partial charge in [-0.3, -0.25) is 4.79 Å². The second-order valence-electron chi connectivity index (χ2n) is 9.93. The summed E-state index contributed by atoms with van der Waals surface area (Å²) in [7, 11) is 0. The number of rotatable bonds is 10. The number of nitrogens with one attached hydrogen (secondary N) is 2. The number of fused-ring (bicyclic) bond motifs is 3. The van der Waals surface area contributed by atoms with Gasteiger partial charge in [-0.05, 0) is 52.9 Å². The summed E-state index contributed by atoms with van der Waals surface area (Å²) in [5.74, 6) is -2.09. The lowest BCUT2D eigenvalue weighted by Crippen LogP contribution is -2.51. The molecule has 0 heterocycles. The first kappa shape index (κ1) is 28.9. The third-order valence-corrected chi connectivity index (χ3v) is 7.43. The van der Waals surface area contributed by atoms with Gasteiger partial charge in [0.05, 0.1) is 24.0 Å². The topological polar surface area (TPSA) is 114 Å². The van der Waals surface area contributed by atoms with E-state index in [0.717, 1.165) is 27.8 Å². The third kappa shape index (κ3) is 6.46. The summed E-state index contributed by atoms with van der Waals surface area (Å²) in [4.78, 5) is 38.3. The number of hydrogen-bond donors (Lipinski definition) is 3. The second kappa shape index (κ2) is 12.9. The molecule has 0 aromatic heterocycles. The molecule has 214 valence electrons. The lowest BCUT2D eigenvalue weighted by Gasteiger charge is -2.25. The van der Waals surface area contributed by atoms with Gasteiger partial charge in [-0.15, -0.1) is 0 Å². The van der Waals surface area contributed by atoms with Crippen molar-refractivity contribution in [2.24, 2.45) is 0 Å². The predicted octanol–water partition coefficient (Wildman–Crippen LogP) is 6.49. The standard InChI is InChI=1S/C33H29ClN2O6/c1-20(41-18-21-9-3-2-4-10-21)30(31(37)35-29-17-22(34)15-16-27(29)32(38)39)36-33(40)42-19-28-25-13-7-5-11-23(25)24-12-6-8-14-26(24)28/h2-17,20,28,30H,18-19H2,1H3,(H,35,37)(H,36,40)(H,38,39)/t20-,30+/m0/s1. The minimum atomic E-state index is -1.24. The molecule has 1 aliphatic carbocycles. The van der Waals surface area contributed by atoms with Crippen LogP contribution >= 0.6 is 11.6 Å². The molecule has 8 nitrogen and oxygen atoms in total. The molecule has 0 unspecified atom stereocenters. The van der Waals surface area contributed by atoms with Gasteiger partial charge >= 0.3 is 12.1 Å². The number of benzene rings is 4. The van der Waals surface area contributed by atoms with Crippen molar-refractivity contribution in [3.63, 3.8) is 0 Å². The first-order chi connectivity index (χ1) is 20.3. The highest BCUT2D eigenvalue weighted by Crippen LogP contribution is 2.44. The van der Waals surface area contributed by atoms with E-state index >= 15 is 0 Å². The van der Waals surface area contributed by atoms with Crippen molar-refractivity contribution in [2.45, 2.75) is 31.6 Å². The van der Waals surface area contributed by atoms with E-state index in [0.29, 0.717) is 0 Å². The van der Waals surface area contributed by atoms with Gasteiger partial charge in [-0.1, -0.05) is 90.5 Å². The molecule has 4 aromatic carbocycles. The van der Waals surface area contributed by atoms with Gasteiger partial charge in [0.15, 0.2) is 0 Å². The van der Waals surface area contributed by atoms with Crippen molar-refractivity contribution in [1.82, 2.24) is 5.32 Å². The second-order valence-corrected chi connectivity index (χ2v) is 10.4. The van der Waals surface area contributed by atoms with Crippen LogP contribution in [0.15, 0.2) is 97.1 Å². The fourth-order valence-corrected chi connectivity index (χ4v) is 5.25. The zero-order valence-electron chi connectivity index (χ0n) is 22.8. The van der Waals surface area contributed by atoms with E-state index in [4.69, 9.17) is 21.1 Å². The molecule has 42 heavy (non-hydrogen) atoms. The molecule has 0 saturated carbocycles. The maximum absolute atomic E-state index is 13.5. The van der Waals surface area contributed by atoms with Crippen molar-refractivity contribution in [1.29, 1.82) is 0 Å². The number of aromatic carboxylic acids is 1. The van der Waals surface area contributed by atoms with Crippen molar-refractivity contribution in [3.8, 4) is 11.1 Å². The van der Waals surface area contributed by atoms with Crippen LogP contribution in [-0.4, -0.2) is 41.8 Å². The number of amides is 2. The highest BCUT2D eigenvalue weighted by atomic mass is 35.5. The van der Waals surface area contributed by atoms with Crippen molar-refractivity contribution in [2.75, 3.05) is 11.9 Å². The molecular formula is C33H29ClN2O6. The molecule has 9 heteroatoms. The van der Waals surface area contributed by atoms with Crippen LogP contribution in [0.3, 0.4) is 0 Å². The summed E-state index contributed by atoms with van der Waals surface area (Å²) in [6, 6.07) is 28.2. The SMILES string of the molecule is C[C@H](OCc1ccccc1)[C@@H](NC(=O)OCC1c2ccccc2-c2ccccc21)C(=O)Nc1cc(Cl)ccc1C(=O)O.